The number of hydrogen-bond acceptors (Lipinski definition) is 4. The zero-order valence-corrected chi connectivity index (χ0v) is 28.9. The molecule has 0 radical (unpaired) electrons. The van der Waals surface area contributed by atoms with Crippen LogP contribution >= 0.6 is 0 Å². The predicted octanol–water partition coefficient (Wildman–Crippen LogP) is 10.1. The maximum atomic E-state index is 10.2. The first-order valence-electron chi connectivity index (χ1n) is 17.3. The fourth-order valence-electron chi connectivity index (χ4n) is 10.1. The van der Waals surface area contributed by atoms with Gasteiger partial charge in [0, 0.05) is 11.6 Å². The molecule has 0 aromatic heterocycles. The van der Waals surface area contributed by atoms with Crippen molar-refractivity contribution in [2.24, 2.45) is 46.3 Å². The lowest BCUT2D eigenvalue weighted by Gasteiger charge is -2.58. The van der Waals surface area contributed by atoms with E-state index in [0.29, 0.717) is 16.6 Å². The standard InChI is InChI=1S/C27H46O.C12H16O3/c1-18(2)7-6-8-19(3)23-11-12-24-22-10-9-20-17-21(28)13-15-26(20,4)25(22)14-16-27(23,24)5;1-5-6-9-7-10(13-2)8-11(14-3)12(9)15-4/h9,18-19,21-25,28H,6-8,10-17H2,1-5H3;5-8H,1-4H3/b;6-5+/t19-,21+,22+,23-,24+,25+,26+,27-;/m1./s1. The van der Waals surface area contributed by atoms with Crippen LogP contribution in [0.25, 0.3) is 6.08 Å². The molecule has 4 aliphatic carbocycles. The minimum atomic E-state index is -0.0766. The quantitative estimate of drug-likeness (QED) is 0.289. The van der Waals surface area contributed by atoms with Crippen molar-refractivity contribution in [3.8, 4) is 17.2 Å². The number of rotatable bonds is 9. The summed E-state index contributed by atoms with van der Waals surface area (Å²) in [6, 6.07) is 3.70. The summed E-state index contributed by atoms with van der Waals surface area (Å²) in [7, 11) is 4.86. The molecule has 1 aromatic carbocycles. The van der Waals surface area contributed by atoms with Gasteiger partial charge in [-0.1, -0.05) is 77.7 Å². The van der Waals surface area contributed by atoms with E-state index < -0.39 is 0 Å². The molecule has 0 amide bonds. The van der Waals surface area contributed by atoms with Gasteiger partial charge in [-0.2, -0.15) is 0 Å². The Morgan fingerprint density at radius 3 is 2.35 bits per heavy atom. The Balaban J connectivity index is 0.000000239. The van der Waals surface area contributed by atoms with E-state index in [9.17, 15) is 5.11 Å². The lowest BCUT2D eigenvalue weighted by molar-refractivity contribution is -0.0573. The maximum Gasteiger partial charge on any atom is 0.168 e. The minimum Gasteiger partial charge on any atom is -0.497 e. The maximum absolute atomic E-state index is 10.2. The Bertz CT molecular complexity index is 1120. The second-order valence-corrected chi connectivity index (χ2v) is 15.1. The molecular formula is C39H62O4. The number of allylic oxidation sites excluding steroid dienone is 2. The molecule has 0 heterocycles. The molecule has 0 bridgehead atoms. The highest BCUT2D eigenvalue weighted by Crippen LogP contribution is 2.67. The van der Waals surface area contributed by atoms with Crippen molar-refractivity contribution in [1.29, 1.82) is 0 Å². The lowest BCUT2D eigenvalue weighted by Crippen LogP contribution is -2.50. The highest BCUT2D eigenvalue weighted by Gasteiger charge is 2.59. The number of aliphatic hydroxyl groups excluding tert-OH is 1. The third-order valence-corrected chi connectivity index (χ3v) is 12.3. The summed E-state index contributed by atoms with van der Waals surface area (Å²) in [6.07, 6.45) is 21.1. The molecule has 242 valence electrons. The van der Waals surface area contributed by atoms with Crippen LogP contribution in [0.5, 0.6) is 17.2 Å². The Morgan fingerprint density at radius 1 is 0.930 bits per heavy atom. The number of hydrogen-bond donors (Lipinski definition) is 1. The van der Waals surface area contributed by atoms with Gasteiger partial charge >= 0.3 is 0 Å². The van der Waals surface area contributed by atoms with E-state index in [1.807, 2.05) is 25.1 Å². The summed E-state index contributed by atoms with van der Waals surface area (Å²) >= 11 is 0. The van der Waals surface area contributed by atoms with Crippen molar-refractivity contribution in [2.45, 2.75) is 118 Å². The van der Waals surface area contributed by atoms with Gasteiger partial charge < -0.3 is 19.3 Å². The molecule has 0 saturated heterocycles. The van der Waals surface area contributed by atoms with Gasteiger partial charge in [0.15, 0.2) is 11.5 Å². The van der Waals surface area contributed by atoms with Crippen LogP contribution < -0.4 is 14.2 Å². The van der Waals surface area contributed by atoms with Crippen molar-refractivity contribution in [3.63, 3.8) is 0 Å². The fraction of sp³-hybridized carbons (Fsp3) is 0.744. The molecule has 0 aliphatic heterocycles. The van der Waals surface area contributed by atoms with Gasteiger partial charge in [0.1, 0.15) is 5.75 Å². The summed E-state index contributed by atoms with van der Waals surface area (Å²) in [5.41, 5.74) is 3.54. The molecule has 3 fully saturated rings. The van der Waals surface area contributed by atoms with Crippen LogP contribution in [0, 0.1) is 46.3 Å². The minimum absolute atomic E-state index is 0.0766. The number of aliphatic hydroxyl groups is 1. The van der Waals surface area contributed by atoms with Crippen LogP contribution in [-0.4, -0.2) is 32.5 Å². The van der Waals surface area contributed by atoms with Crippen LogP contribution in [-0.2, 0) is 0 Å². The third kappa shape index (κ3) is 7.00. The summed E-state index contributed by atoms with van der Waals surface area (Å²) in [6.45, 7) is 14.5. The average Bonchev–Trinajstić information content (AvgIpc) is 3.34. The van der Waals surface area contributed by atoms with Crippen molar-refractivity contribution < 1.29 is 19.3 Å². The Hall–Kier alpha value is -1.94. The normalized spacial score (nSPS) is 33.9. The Labute approximate surface area is 263 Å². The first-order valence-corrected chi connectivity index (χ1v) is 17.3. The topological polar surface area (TPSA) is 47.9 Å². The highest BCUT2D eigenvalue weighted by atomic mass is 16.5. The summed E-state index contributed by atoms with van der Waals surface area (Å²) < 4.78 is 15.7. The van der Waals surface area contributed by atoms with Crippen molar-refractivity contribution >= 4 is 6.08 Å². The SMILES string of the molecule is C/C=C/c1cc(OC)cc(OC)c1OC.CC(C)CCC[C@@H](C)[C@H]1CC[C@H]2[C@@H]3CC=C4C[C@@H](O)CC[C@]4(C)[C@H]3CC[C@]12C. The molecule has 4 heteroatoms. The van der Waals surface area contributed by atoms with E-state index in [0.717, 1.165) is 65.4 Å². The van der Waals surface area contributed by atoms with E-state index in [1.165, 1.54) is 57.8 Å². The van der Waals surface area contributed by atoms with Crippen molar-refractivity contribution in [2.75, 3.05) is 21.3 Å². The molecule has 0 spiro atoms. The molecule has 1 N–H and O–H groups in total. The molecule has 0 unspecified atom stereocenters. The molecular weight excluding hydrogens is 532 g/mol. The van der Waals surface area contributed by atoms with Crippen molar-refractivity contribution in [3.05, 3.63) is 35.4 Å². The molecule has 3 saturated carbocycles. The third-order valence-electron chi connectivity index (χ3n) is 12.3. The highest BCUT2D eigenvalue weighted by molar-refractivity contribution is 5.65. The number of fused-ring (bicyclic) bond motifs is 5. The first kappa shape index (κ1) is 33.9. The van der Waals surface area contributed by atoms with Gasteiger partial charge in [0.05, 0.1) is 27.4 Å². The summed E-state index contributed by atoms with van der Waals surface area (Å²) in [5.74, 6) is 7.60. The number of benzene rings is 1. The van der Waals surface area contributed by atoms with Gasteiger partial charge in [-0.25, -0.2) is 0 Å². The second kappa shape index (κ2) is 14.4. The smallest absolute Gasteiger partial charge is 0.168 e. The zero-order chi connectivity index (χ0) is 31.4. The van der Waals surface area contributed by atoms with E-state index in [-0.39, 0.29) is 6.10 Å². The molecule has 4 aliphatic rings. The van der Waals surface area contributed by atoms with E-state index in [4.69, 9.17) is 14.2 Å². The van der Waals surface area contributed by atoms with E-state index in [1.54, 1.807) is 33.0 Å². The van der Waals surface area contributed by atoms with Crippen LogP contribution in [0.1, 0.15) is 118 Å². The Morgan fingerprint density at radius 2 is 1.70 bits per heavy atom. The van der Waals surface area contributed by atoms with Gasteiger partial charge in [-0.05, 0) is 111 Å². The average molecular weight is 595 g/mol. The molecule has 8 atom stereocenters. The van der Waals surface area contributed by atoms with Crippen molar-refractivity contribution in [1.82, 2.24) is 0 Å². The van der Waals surface area contributed by atoms with Crippen LogP contribution in [0.4, 0.5) is 0 Å². The van der Waals surface area contributed by atoms with Crippen LogP contribution in [0.3, 0.4) is 0 Å². The van der Waals surface area contributed by atoms with Gasteiger partial charge in [-0.15, -0.1) is 0 Å². The second-order valence-electron chi connectivity index (χ2n) is 15.1. The number of ether oxygens (including phenoxy) is 3. The predicted molar refractivity (Wildman–Crippen MR) is 180 cm³/mol. The Kier molecular flexibility index (Phi) is 11.4. The van der Waals surface area contributed by atoms with Gasteiger partial charge in [-0.3, -0.25) is 0 Å². The monoisotopic (exact) mass is 594 g/mol. The summed E-state index contributed by atoms with van der Waals surface area (Å²) in [4.78, 5) is 0. The summed E-state index contributed by atoms with van der Waals surface area (Å²) in [5, 5.41) is 10.2. The van der Waals surface area contributed by atoms with Gasteiger partial charge in [0.2, 0.25) is 0 Å². The zero-order valence-electron chi connectivity index (χ0n) is 28.9. The van der Waals surface area contributed by atoms with Gasteiger partial charge in [0.25, 0.3) is 0 Å². The largest absolute Gasteiger partial charge is 0.497 e. The van der Waals surface area contributed by atoms with E-state index >= 15 is 0 Å². The molecule has 4 nitrogen and oxygen atoms in total. The molecule has 43 heavy (non-hydrogen) atoms. The molecule has 5 rings (SSSR count). The number of methoxy groups -OCH3 is 3. The van der Waals surface area contributed by atoms with Crippen LogP contribution in [0.15, 0.2) is 29.9 Å². The lowest BCUT2D eigenvalue weighted by atomic mass is 9.47. The first-order chi connectivity index (χ1) is 20.5. The van der Waals surface area contributed by atoms with Crippen LogP contribution in [0.2, 0.25) is 0 Å². The van der Waals surface area contributed by atoms with E-state index in [2.05, 4.69) is 40.7 Å². The fourth-order valence-corrected chi connectivity index (χ4v) is 10.1. The molecule has 1 aromatic rings.